The molecule has 0 amide bonds. The number of Topliss-reactive ketones (excluding diaryl/α,β-unsaturated/α-hetero) is 2. The molecule has 1 radical (unpaired) electrons. The van der Waals surface area contributed by atoms with Crippen molar-refractivity contribution in [1.82, 2.24) is 10.6 Å². The van der Waals surface area contributed by atoms with Gasteiger partial charge in [-0.25, -0.2) is 0 Å². The van der Waals surface area contributed by atoms with E-state index in [-0.39, 0.29) is 62.1 Å². The van der Waals surface area contributed by atoms with E-state index in [9.17, 15) is 9.59 Å². The molecule has 0 aromatic rings. The molecule has 1 saturated carbocycles. The molecule has 0 saturated heterocycles. The van der Waals surface area contributed by atoms with Gasteiger partial charge in [-0.2, -0.15) is 0 Å². The molecule has 5 heteroatoms. The molecule has 2 atom stereocenters. The van der Waals surface area contributed by atoms with Crippen molar-refractivity contribution >= 4 is 11.6 Å². The molecule has 1 fully saturated rings. The summed E-state index contributed by atoms with van der Waals surface area (Å²) in [6, 6.07) is 0.340. The smallest absolute Gasteiger partial charge is 0.191 e. The Hall–Kier alpha value is -2.11. The van der Waals surface area contributed by atoms with E-state index in [1.54, 1.807) is 0 Å². The number of rotatable bonds is 4. The topological polar surface area (TPSA) is 58.2 Å². The zero-order valence-corrected chi connectivity index (χ0v) is 28.6. The molecule has 0 heterocycles. The summed E-state index contributed by atoms with van der Waals surface area (Å²) < 4.78 is 0. The maximum Gasteiger partial charge on any atom is 0.191 e. The van der Waals surface area contributed by atoms with E-state index in [2.05, 4.69) is 118 Å². The molecule has 3 aliphatic carbocycles. The van der Waals surface area contributed by atoms with Gasteiger partial charge in [0.1, 0.15) is 0 Å². The molecule has 4 nitrogen and oxygen atoms in total. The number of nitrogens with one attached hydrogen (secondary N) is 2. The normalized spacial score (nSPS) is 24.8. The fourth-order valence-corrected chi connectivity index (χ4v) is 5.42. The molecule has 41 heavy (non-hydrogen) atoms. The fourth-order valence-electron chi connectivity index (χ4n) is 5.42. The van der Waals surface area contributed by atoms with Crippen LogP contribution in [0, 0.1) is 21.7 Å². The van der Waals surface area contributed by atoms with Crippen LogP contribution in [0.2, 0.25) is 0 Å². The van der Waals surface area contributed by atoms with Crippen LogP contribution >= 0.6 is 0 Å². The van der Waals surface area contributed by atoms with Crippen molar-refractivity contribution in [3.63, 3.8) is 0 Å². The second-order valence-electron chi connectivity index (χ2n) is 16.0. The van der Waals surface area contributed by atoms with Gasteiger partial charge in [-0.05, 0) is 57.8 Å². The number of hydrogen-bond acceptors (Lipinski definition) is 4. The Labute approximate surface area is 260 Å². The van der Waals surface area contributed by atoms with Crippen LogP contribution in [0.25, 0.3) is 0 Å². The van der Waals surface area contributed by atoms with Gasteiger partial charge in [0.15, 0.2) is 11.6 Å². The van der Waals surface area contributed by atoms with Crippen LogP contribution in [-0.4, -0.2) is 23.7 Å². The number of hydrogen-bond donors (Lipinski definition) is 2. The van der Waals surface area contributed by atoms with Crippen LogP contribution in [0.15, 0.2) is 70.1 Å². The van der Waals surface area contributed by atoms with Gasteiger partial charge in [0.05, 0.1) is 0 Å². The van der Waals surface area contributed by atoms with E-state index in [4.69, 9.17) is 0 Å². The Kier molecular flexibility index (Phi) is 10.8. The third-order valence-electron chi connectivity index (χ3n) is 8.26. The fraction of sp³-hybridized carbons (Fsp3) is 0.611. The first-order valence-corrected chi connectivity index (χ1v) is 15.1. The van der Waals surface area contributed by atoms with Gasteiger partial charge < -0.3 is 10.6 Å². The van der Waals surface area contributed by atoms with Crippen LogP contribution < -0.4 is 10.6 Å². The zero-order valence-electron chi connectivity index (χ0n) is 27.6. The van der Waals surface area contributed by atoms with Crippen LogP contribution in [0.3, 0.4) is 0 Å². The maximum atomic E-state index is 13.5. The third kappa shape index (κ3) is 8.70. The summed E-state index contributed by atoms with van der Waals surface area (Å²) in [4.78, 5) is 27.0. The van der Waals surface area contributed by atoms with Gasteiger partial charge in [-0.15, -0.1) is 0 Å². The minimum Gasteiger partial charge on any atom is -0.386 e. The van der Waals surface area contributed by atoms with Crippen LogP contribution in [-0.2, 0) is 26.4 Å². The maximum absolute atomic E-state index is 13.5. The Morgan fingerprint density at radius 3 is 1.15 bits per heavy atom. The van der Waals surface area contributed by atoms with E-state index in [1.165, 1.54) is 11.1 Å². The number of ketones is 2. The summed E-state index contributed by atoms with van der Waals surface area (Å²) in [5.74, 6) is 0.203. The molecule has 3 rings (SSSR count). The van der Waals surface area contributed by atoms with Gasteiger partial charge in [0, 0.05) is 63.6 Å². The molecule has 0 aliphatic heterocycles. The molecule has 2 N–H and O–H groups in total. The Morgan fingerprint density at radius 2 is 0.878 bits per heavy atom. The number of carbonyl (C=O) groups excluding carboxylic acids is 2. The summed E-state index contributed by atoms with van der Waals surface area (Å²) >= 11 is 0. The summed E-state index contributed by atoms with van der Waals surface area (Å²) in [7, 11) is 0. The zero-order chi connectivity index (χ0) is 30.3. The second-order valence-corrected chi connectivity index (χ2v) is 16.0. The van der Waals surface area contributed by atoms with Gasteiger partial charge >= 0.3 is 0 Å². The molecule has 229 valence electrons. The van der Waals surface area contributed by atoms with Gasteiger partial charge in [-0.3, -0.25) is 9.59 Å². The van der Waals surface area contributed by atoms with Crippen LogP contribution in [0.4, 0.5) is 0 Å². The first-order valence-electron chi connectivity index (χ1n) is 15.1. The third-order valence-corrected chi connectivity index (χ3v) is 8.26. The molecule has 0 bridgehead atoms. The quantitative estimate of drug-likeness (QED) is 0.317. The summed E-state index contributed by atoms with van der Waals surface area (Å²) in [6.45, 7) is 25.8. The Balaban J connectivity index is 0.00000588. The standard InChI is InChI=1S/C36H54N2O2.Co/c1-33(2,3)25-17-23(31(39)27(19-25)35(7,8)9)21-37-29-15-13-14-16-30(29)38-22-24-18-26(34(4,5)6)20-28(32(24)40)36(10,11)12;/h17-22,29-30,37-38H,13-16H2,1-12H3;/b23-21-,24-22-;/t29-,30-;/m1./s1. The molecule has 0 aromatic heterocycles. The summed E-state index contributed by atoms with van der Waals surface area (Å²) in [6.07, 6.45) is 16.5. The average molecular weight is 606 g/mol. The first kappa shape index (κ1) is 35.1. The molecule has 0 spiro atoms. The molecule has 0 unspecified atom stereocenters. The van der Waals surface area contributed by atoms with Crippen molar-refractivity contribution in [3.8, 4) is 0 Å². The van der Waals surface area contributed by atoms with Gasteiger partial charge in [-0.1, -0.05) is 108 Å². The van der Waals surface area contributed by atoms with Gasteiger partial charge in [0.25, 0.3) is 0 Å². The minimum atomic E-state index is -0.228. The van der Waals surface area contributed by atoms with Gasteiger partial charge in [0.2, 0.25) is 0 Å². The van der Waals surface area contributed by atoms with Crippen molar-refractivity contribution in [2.75, 3.05) is 0 Å². The predicted octanol–water partition coefficient (Wildman–Crippen LogP) is 8.30. The summed E-state index contributed by atoms with van der Waals surface area (Å²) in [5.41, 5.74) is 4.95. The van der Waals surface area contributed by atoms with Crippen LogP contribution in [0.1, 0.15) is 109 Å². The van der Waals surface area contributed by atoms with Crippen LogP contribution in [0.5, 0.6) is 0 Å². The van der Waals surface area contributed by atoms with E-state index in [1.807, 2.05) is 12.4 Å². The largest absolute Gasteiger partial charge is 0.386 e. The minimum absolute atomic E-state index is 0. The van der Waals surface area contributed by atoms with E-state index >= 15 is 0 Å². The average Bonchev–Trinajstić information content (AvgIpc) is 2.80. The van der Waals surface area contributed by atoms with Crippen molar-refractivity contribution in [1.29, 1.82) is 0 Å². The number of carbonyl (C=O) groups is 2. The van der Waals surface area contributed by atoms with E-state index in [0.717, 1.165) is 48.0 Å². The summed E-state index contributed by atoms with van der Waals surface area (Å²) in [5, 5.41) is 7.25. The monoisotopic (exact) mass is 605 g/mol. The SMILES string of the molecule is CC(C)(C)C1=C/C(=C/N[C@@H]2CCCC[C@H]2N/C=C2/C=C(C(C)(C)C)C=C(C(C)(C)C)C2=O)C(=O)C(C(C)(C)C)=C1.[Co]. The second kappa shape index (κ2) is 12.6. The molecule has 0 aromatic carbocycles. The van der Waals surface area contributed by atoms with E-state index < -0.39 is 0 Å². The Bertz CT molecular complexity index is 1120. The van der Waals surface area contributed by atoms with Crippen molar-refractivity contribution in [2.24, 2.45) is 21.7 Å². The Morgan fingerprint density at radius 1 is 0.561 bits per heavy atom. The predicted molar refractivity (Wildman–Crippen MR) is 169 cm³/mol. The molecular formula is C36H54CoN2O2. The first-order chi connectivity index (χ1) is 18.2. The van der Waals surface area contributed by atoms with Crippen molar-refractivity contribution in [3.05, 3.63) is 70.1 Å². The van der Waals surface area contributed by atoms with Crippen molar-refractivity contribution < 1.29 is 26.4 Å². The molecule has 3 aliphatic rings. The number of allylic oxidation sites excluding steroid dienone is 10. The van der Waals surface area contributed by atoms with Crippen molar-refractivity contribution in [2.45, 2.75) is 121 Å². The van der Waals surface area contributed by atoms with E-state index in [0.29, 0.717) is 0 Å². The molecular weight excluding hydrogens is 551 g/mol.